The van der Waals surface area contributed by atoms with Crippen molar-refractivity contribution in [2.75, 3.05) is 5.32 Å². The normalized spacial score (nSPS) is 12.4. The summed E-state index contributed by atoms with van der Waals surface area (Å²) in [5.41, 5.74) is -2.46. The predicted molar refractivity (Wildman–Crippen MR) is 72.7 cm³/mol. The van der Waals surface area contributed by atoms with Gasteiger partial charge in [0.25, 0.3) is 5.91 Å². The highest BCUT2D eigenvalue weighted by atomic mass is 19.4. The highest BCUT2D eigenvalue weighted by molar-refractivity contribution is 6.03. The molecule has 25 heavy (non-hydrogen) atoms. The van der Waals surface area contributed by atoms with Gasteiger partial charge in [-0.1, -0.05) is 0 Å². The first kappa shape index (κ1) is 18.7. The second-order valence-electron chi connectivity index (χ2n) is 5.10. The van der Waals surface area contributed by atoms with E-state index < -0.39 is 41.2 Å². The smallest absolute Gasteiger partial charge is 0.305 e. The van der Waals surface area contributed by atoms with E-state index in [1.165, 1.54) is 6.92 Å². The number of hydrogen-bond acceptors (Lipinski definition) is 4. The summed E-state index contributed by atoms with van der Waals surface area (Å²) in [4.78, 5) is 18.3. The standard InChI is InChI=1S/C13H11F6N5O/c1-5-4-7(21-11(20-5)13(17,18)19)10(25)22-9-8(12(14,15)16)6(2)23-24(9)3/h4H,1-3H3,(H,22,25). The number of anilines is 1. The molecule has 2 rings (SSSR count). The van der Waals surface area contributed by atoms with Crippen LogP contribution in [0, 0.1) is 13.8 Å². The Bertz CT molecular complexity index is 824. The maximum atomic E-state index is 13.1. The van der Waals surface area contributed by atoms with Gasteiger partial charge >= 0.3 is 12.4 Å². The van der Waals surface area contributed by atoms with E-state index in [0.29, 0.717) is 0 Å². The van der Waals surface area contributed by atoms with Gasteiger partial charge in [0.1, 0.15) is 17.1 Å². The summed E-state index contributed by atoms with van der Waals surface area (Å²) in [6.45, 7) is 2.29. The molecule has 2 aromatic heterocycles. The van der Waals surface area contributed by atoms with E-state index in [1.807, 2.05) is 5.32 Å². The van der Waals surface area contributed by atoms with Gasteiger partial charge < -0.3 is 5.32 Å². The number of aryl methyl sites for hydroxylation is 3. The minimum absolute atomic E-state index is 0.162. The van der Waals surface area contributed by atoms with Gasteiger partial charge in [-0.15, -0.1) is 0 Å². The molecule has 0 atom stereocenters. The zero-order chi connectivity index (χ0) is 19.2. The minimum atomic E-state index is -4.90. The van der Waals surface area contributed by atoms with Crippen LogP contribution in [0.25, 0.3) is 0 Å². The monoisotopic (exact) mass is 367 g/mol. The lowest BCUT2D eigenvalue weighted by Gasteiger charge is -2.12. The molecule has 0 spiro atoms. The number of carbonyl (C=O) groups is 1. The minimum Gasteiger partial charge on any atom is -0.305 e. The van der Waals surface area contributed by atoms with E-state index in [0.717, 1.165) is 24.7 Å². The summed E-state index contributed by atoms with van der Waals surface area (Å²) in [6, 6.07) is 0.932. The molecule has 0 unspecified atom stereocenters. The van der Waals surface area contributed by atoms with Gasteiger partial charge in [0.2, 0.25) is 5.82 Å². The van der Waals surface area contributed by atoms with Crippen molar-refractivity contribution in [1.82, 2.24) is 19.7 Å². The molecule has 1 N–H and O–H groups in total. The number of nitrogens with zero attached hydrogens (tertiary/aromatic N) is 4. The third-order valence-corrected chi connectivity index (χ3v) is 3.08. The van der Waals surface area contributed by atoms with Crippen molar-refractivity contribution in [3.05, 3.63) is 34.5 Å². The topological polar surface area (TPSA) is 72.7 Å². The fourth-order valence-electron chi connectivity index (χ4n) is 2.12. The maximum Gasteiger partial charge on any atom is 0.451 e. The van der Waals surface area contributed by atoms with E-state index in [4.69, 9.17) is 0 Å². The molecule has 136 valence electrons. The van der Waals surface area contributed by atoms with Gasteiger partial charge in [-0.3, -0.25) is 9.48 Å². The van der Waals surface area contributed by atoms with Crippen LogP contribution in [-0.2, 0) is 19.4 Å². The van der Waals surface area contributed by atoms with Gasteiger partial charge in [-0.2, -0.15) is 31.4 Å². The summed E-state index contributed by atoms with van der Waals surface area (Å²) in [7, 11) is 1.16. The van der Waals surface area contributed by atoms with E-state index in [9.17, 15) is 31.1 Å². The van der Waals surface area contributed by atoms with Crippen LogP contribution in [0.1, 0.15) is 33.3 Å². The van der Waals surface area contributed by atoms with Gasteiger partial charge in [0.05, 0.1) is 5.69 Å². The first-order valence-electron chi connectivity index (χ1n) is 6.65. The largest absolute Gasteiger partial charge is 0.451 e. The Morgan fingerprint density at radius 1 is 1.08 bits per heavy atom. The van der Waals surface area contributed by atoms with E-state index in [2.05, 4.69) is 15.1 Å². The van der Waals surface area contributed by atoms with Crippen LogP contribution in [0.5, 0.6) is 0 Å². The fraction of sp³-hybridized carbons (Fsp3) is 0.385. The molecular weight excluding hydrogens is 356 g/mol. The number of halogens is 6. The van der Waals surface area contributed by atoms with Crippen LogP contribution in [0.3, 0.4) is 0 Å². The molecule has 0 saturated carbocycles. The first-order valence-corrected chi connectivity index (χ1v) is 6.65. The van der Waals surface area contributed by atoms with E-state index in [1.54, 1.807) is 0 Å². The second-order valence-corrected chi connectivity index (χ2v) is 5.10. The van der Waals surface area contributed by atoms with Crippen molar-refractivity contribution in [2.24, 2.45) is 7.05 Å². The molecule has 0 radical (unpaired) electrons. The van der Waals surface area contributed by atoms with E-state index >= 15 is 0 Å². The van der Waals surface area contributed by atoms with Crippen LogP contribution in [0.4, 0.5) is 32.2 Å². The molecule has 0 aliphatic carbocycles. The first-order chi connectivity index (χ1) is 11.3. The van der Waals surface area contributed by atoms with Gasteiger partial charge in [-0.05, 0) is 19.9 Å². The molecule has 0 saturated heterocycles. The average Bonchev–Trinajstić information content (AvgIpc) is 2.71. The summed E-state index contributed by atoms with van der Waals surface area (Å²) in [5, 5.41) is 5.48. The van der Waals surface area contributed by atoms with Crippen LogP contribution in [0.2, 0.25) is 0 Å². The van der Waals surface area contributed by atoms with Crippen LogP contribution in [-0.4, -0.2) is 25.7 Å². The molecule has 0 aromatic carbocycles. The van der Waals surface area contributed by atoms with Gasteiger partial charge in [-0.25, -0.2) is 9.97 Å². The molecule has 2 heterocycles. The van der Waals surface area contributed by atoms with Crippen LogP contribution < -0.4 is 5.32 Å². The molecule has 0 aliphatic rings. The molecule has 2 aromatic rings. The average molecular weight is 367 g/mol. The van der Waals surface area contributed by atoms with Gasteiger partial charge in [0.15, 0.2) is 0 Å². The zero-order valence-corrected chi connectivity index (χ0v) is 13.0. The molecule has 12 heteroatoms. The highest BCUT2D eigenvalue weighted by Crippen LogP contribution is 2.37. The Kier molecular flexibility index (Phi) is 4.49. The predicted octanol–water partition coefficient (Wildman–Crippen LogP) is 3.12. The number of nitrogens with one attached hydrogen (secondary N) is 1. The Morgan fingerprint density at radius 3 is 2.20 bits per heavy atom. The molecule has 0 bridgehead atoms. The van der Waals surface area contributed by atoms with Gasteiger partial charge in [0, 0.05) is 12.7 Å². The van der Waals surface area contributed by atoms with Crippen LogP contribution >= 0.6 is 0 Å². The molecule has 1 amide bonds. The van der Waals surface area contributed by atoms with E-state index in [-0.39, 0.29) is 11.4 Å². The summed E-state index contributed by atoms with van der Waals surface area (Å²) >= 11 is 0. The Morgan fingerprint density at radius 2 is 1.68 bits per heavy atom. The molecule has 6 nitrogen and oxygen atoms in total. The van der Waals surface area contributed by atoms with Crippen LogP contribution in [0.15, 0.2) is 6.07 Å². The Balaban J connectivity index is 2.44. The maximum absolute atomic E-state index is 13.1. The quantitative estimate of drug-likeness (QED) is 0.828. The van der Waals surface area contributed by atoms with Crippen molar-refractivity contribution in [3.63, 3.8) is 0 Å². The lowest BCUT2D eigenvalue weighted by molar-refractivity contribution is -0.145. The summed E-state index contributed by atoms with van der Waals surface area (Å²) in [5.74, 6) is -3.50. The Hall–Kier alpha value is -2.66. The third-order valence-electron chi connectivity index (χ3n) is 3.08. The number of aromatic nitrogens is 4. The van der Waals surface area contributed by atoms with Crippen molar-refractivity contribution in [3.8, 4) is 0 Å². The molecule has 0 aliphatic heterocycles. The summed E-state index contributed by atoms with van der Waals surface area (Å²) in [6.07, 6.45) is -9.71. The van der Waals surface area contributed by atoms with Crippen molar-refractivity contribution < 1.29 is 31.1 Å². The zero-order valence-electron chi connectivity index (χ0n) is 13.0. The number of rotatable bonds is 2. The Labute approximate surface area is 136 Å². The highest BCUT2D eigenvalue weighted by Gasteiger charge is 2.39. The number of hydrogen-bond donors (Lipinski definition) is 1. The second kappa shape index (κ2) is 6.01. The molecular formula is C13H11F6N5O. The van der Waals surface area contributed by atoms with Crippen molar-refractivity contribution in [1.29, 1.82) is 0 Å². The number of amides is 1. The number of carbonyl (C=O) groups excluding carboxylic acids is 1. The van der Waals surface area contributed by atoms with Crippen molar-refractivity contribution >= 4 is 11.7 Å². The lowest BCUT2D eigenvalue weighted by atomic mass is 10.2. The number of alkyl halides is 6. The molecule has 0 fully saturated rings. The van der Waals surface area contributed by atoms with Crippen molar-refractivity contribution in [2.45, 2.75) is 26.2 Å². The third kappa shape index (κ3) is 3.88. The summed E-state index contributed by atoms with van der Waals surface area (Å²) < 4.78 is 78.1. The fourth-order valence-corrected chi connectivity index (χ4v) is 2.12. The SMILES string of the molecule is Cc1cc(C(=O)Nc2c(C(F)(F)F)c(C)nn2C)nc(C(F)(F)F)n1. The lowest BCUT2D eigenvalue weighted by Crippen LogP contribution is -2.22.